The number of hydrogen-bond acceptors (Lipinski definition) is 3. The van der Waals surface area contributed by atoms with E-state index in [-0.39, 0.29) is 12.3 Å². The van der Waals surface area contributed by atoms with Gasteiger partial charge in [-0.2, -0.15) is 5.10 Å². The third kappa shape index (κ3) is 3.83. The van der Waals surface area contributed by atoms with Crippen LogP contribution in [0.15, 0.2) is 6.20 Å². The van der Waals surface area contributed by atoms with Crippen molar-refractivity contribution < 1.29 is 14.7 Å². The topological polar surface area (TPSA) is 75.4 Å². The van der Waals surface area contributed by atoms with Gasteiger partial charge in [0.15, 0.2) is 0 Å². The fraction of sp³-hybridized carbons (Fsp3) is 0.667. The van der Waals surface area contributed by atoms with Crippen LogP contribution in [-0.4, -0.2) is 44.8 Å². The monoisotopic (exact) mass is 293 g/mol. The third-order valence-electron chi connectivity index (χ3n) is 4.04. The summed E-state index contributed by atoms with van der Waals surface area (Å²) in [6.07, 6.45) is 5.29. The number of rotatable bonds is 5. The van der Waals surface area contributed by atoms with Crippen LogP contribution in [0.3, 0.4) is 0 Å². The zero-order valence-corrected chi connectivity index (χ0v) is 12.7. The van der Waals surface area contributed by atoms with E-state index in [9.17, 15) is 9.59 Å². The highest BCUT2D eigenvalue weighted by Crippen LogP contribution is 2.23. The molecule has 1 N–H and O–H groups in total. The van der Waals surface area contributed by atoms with Gasteiger partial charge in [-0.05, 0) is 31.6 Å². The molecule has 6 nitrogen and oxygen atoms in total. The maximum Gasteiger partial charge on any atom is 0.303 e. The quantitative estimate of drug-likeness (QED) is 0.896. The Kier molecular flexibility index (Phi) is 4.98. The first-order valence-corrected chi connectivity index (χ1v) is 7.54. The molecule has 6 heteroatoms. The van der Waals surface area contributed by atoms with Crippen molar-refractivity contribution in [1.82, 2.24) is 14.7 Å². The van der Waals surface area contributed by atoms with E-state index < -0.39 is 5.97 Å². The van der Waals surface area contributed by atoms with Gasteiger partial charge in [-0.25, -0.2) is 0 Å². The lowest BCUT2D eigenvalue weighted by Gasteiger charge is -2.32. The largest absolute Gasteiger partial charge is 0.481 e. The number of piperidine rings is 1. The second kappa shape index (κ2) is 6.74. The van der Waals surface area contributed by atoms with Gasteiger partial charge in [0.1, 0.15) is 0 Å². The lowest BCUT2D eigenvalue weighted by Crippen LogP contribution is -2.40. The van der Waals surface area contributed by atoms with E-state index in [1.54, 1.807) is 10.9 Å². The minimum atomic E-state index is -0.765. The van der Waals surface area contributed by atoms with Gasteiger partial charge in [-0.3, -0.25) is 14.3 Å². The molecule has 1 unspecified atom stereocenters. The molecule has 1 aliphatic rings. The summed E-state index contributed by atoms with van der Waals surface area (Å²) >= 11 is 0. The van der Waals surface area contributed by atoms with Crippen molar-refractivity contribution in [3.63, 3.8) is 0 Å². The molecule has 21 heavy (non-hydrogen) atoms. The smallest absolute Gasteiger partial charge is 0.303 e. The number of amides is 1. The molecular weight excluding hydrogens is 270 g/mol. The van der Waals surface area contributed by atoms with Crippen LogP contribution in [0.4, 0.5) is 0 Å². The predicted octanol–water partition coefficient (Wildman–Crippen LogP) is 1.70. The molecule has 1 aromatic rings. The highest BCUT2D eigenvalue weighted by molar-refractivity contribution is 5.95. The maximum atomic E-state index is 12.6. The normalized spacial score (nSPS) is 18.8. The Morgan fingerprint density at radius 2 is 2.24 bits per heavy atom. The Morgan fingerprint density at radius 1 is 1.48 bits per heavy atom. The fourth-order valence-electron chi connectivity index (χ4n) is 2.96. The zero-order chi connectivity index (χ0) is 15.4. The highest BCUT2D eigenvalue weighted by atomic mass is 16.4. The first kappa shape index (κ1) is 15.5. The summed E-state index contributed by atoms with van der Waals surface area (Å²) in [4.78, 5) is 25.2. The molecule has 0 aliphatic carbocycles. The Labute approximate surface area is 124 Å². The molecule has 1 amide bonds. The lowest BCUT2D eigenvalue weighted by molar-refractivity contribution is -0.137. The standard InChI is InChI=1S/C15H23N3O3/c1-3-13-12(10-17(2)16-13)15(21)18-8-4-5-11(9-18)6-7-14(19)20/h10-11H,3-9H2,1-2H3,(H,19,20). The van der Waals surface area contributed by atoms with Gasteiger partial charge in [-0.15, -0.1) is 0 Å². The van der Waals surface area contributed by atoms with Gasteiger partial charge in [0.2, 0.25) is 0 Å². The van der Waals surface area contributed by atoms with E-state index in [2.05, 4.69) is 5.10 Å². The Bertz CT molecular complexity index is 524. The average Bonchev–Trinajstić information content (AvgIpc) is 2.85. The molecule has 116 valence electrons. The van der Waals surface area contributed by atoms with Crippen LogP contribution in [0.2, 0.25) is 0 Å². The fourth-order valence-corrected chi connectivity index (χ4v) is 2.96. The summed E-state index contributed by atoms with van der Waals surface area (Å²) in [6.45, 7) is 3.40. The predicted molar refractivity (Wildman–Crippen MR) is 78.1 cm³/mol. The van der Waals surface area contributed by atoms with E-state index in [0.717, 1.165) is 31.5 Å². The molecule has 0 saturated carbocycles. The molecule has 0 radical (unpaired) electrons. The van der Waals surface area contributed by atoms with Gasteiger partial charge in [0.05, 0.1) is 11.3 Å². The van der Waals surface area contributed by atoms with Crippen LogP contribution >= 0.6 is 0 Å². The second-order valence-electron chi connectivity index (χ2n) is 5.71. The Hall–Kier alpha value is -1.85. The van der Waals surface area contributed by atoms with Crippen LogP contribution in [0.1, 0.15) is 48.7 Å². The summed E-state index contributed by atoms with van der Waals surface area (Å²) < 4.78 is 1.68. The number of likely N-dealkylation sites (tertiary alicyclic amines) is 1. The average molecular weight is 293 g/mol. The summed E-state index contributed by atoms with van der Waals surface area (Å²) in [5, 5.41) is 13.1. The van der Waals surface area contributed by atoms with Crippen LogP contribution in [-0.2, 0) is 18.3 Å². The van der Waals surface area contributed by atoms with Gasteiger partial charge in [0.25, 0.3) is 5.91 Å². The molecule has 1 aromatic heterocycles. The first-order valence-electron chi connectivity index (χ1n) is 7.54. The first-order chi connectivity index (χ1) is 10.0. The number of carboxylic acid groups (broad SMARTS) is 1. The van der Waals surface area contributed by atoms with Crippen molar-refractivity contribution in [2.24, 2.45) is 13.0 Å². The summed E-state index contributed by atoms with van der Waals surface area (Å²) in [7, 11) is 1.82. The van der Waals surface area contributed by atoms with Crippen LogP contribution in [0.25, 0.3) is 0 Å². The second-order valence-corrected chi connectivity index (χ2v) is 5.71. The maximum absolute atomic E-state index is 12.6. The van der Waals surface area contributed by atoms with E-state index in [1.807, 2.05) is 18.9 Å². The van der Waals surface area contributed by atoms with E-state index >= 15 is 0 Å². The minimum absolute atomic E-state index is 0.0278. The SMILES string of the molecule is CCc1nn(C)cc1C(=O)N1CCCC(CCC(=O)O)C1. The molecular formula is C15H23N3O3. The van der Waals surface area contributed by atoms with E-state index in [0.29, 0.717) is 24.4 Å². The molecule has 0 spiro atoms. The Morgan fingerprint density at radius 3 is 2.90 bits per heavy atom. The van der Waals surface area contributed by atoms with Crippen molar-refractivity contribution in [2.45, 2.75) is 39.0 Å². The van der Waals surface area contributed by atoms with Crippen LogP contribution in [0, 0.1) is 5.92 Å². The number of carbonyl (C=O) groups excluding carboxylic acids is 1. The number of aliphatic carboxylic acids is 1. The number of hydrogen-bond donors (Lipinski definition) is 1. The molecule has 2 rings (SSSR count). The van der Waals surface area contributed by atoms with Crippen molar-refractivity contribution in [3.05, 3.63) is 17.5 Å². The Balaban J connectivity index is 2.03. The highest BCUT2D eigenvalue weighted by Gasteiger charge is 2.27. The van der Waals surface area contributed by atoms with Gasteiger partial charge in [-0.1, -0.05) is 6.92 Å². The van der Waals surface area contributed by atoms with Crippen molar-refractivity contribution in [2.75, 3.05) is 13.1 Å². The van der Waals surface area contributed by atoms with Crippen LogP contribution in [0.5, 0.6) is 0 Å². The van der Waals surface area contributed by atoms with Crippen molar-refractivity contribution >= 4 is 11.9 Å². The molecule has 0 bridgehead atoms. The molecule has 1 saturated heterocycles. The van der Waals surface area contributed by atoms with Crippen molar-refractivity contribution in [3.8, 4) is 0 Å². The molecule has 1 fully saturated rings. The number of carbonyl (C=O) groups is 2. The minimum Gasteiger partial charge on any atom is -0.481 e. The summed E-state index contributed by atoms with van der Waals surface area (Å²) in [6, 6.07) is 0. The number of nitrogens with zero attached hydrogens (tertiary/aromatic N) is 3. The number of aryl methyl sites for hydroxylation is 2. The molecule has 1 aliphatic heterocycles. The summed E-state index contributed by atoms with van der Waals surface area (Å²) in [5.41, 5.74) is 1.51. The summed E-state index contributed by atoms with van der Waals surface area (Å²) in [5.74, 6) is -0.445. The van der Waals surface area contributed by atoms with Gasteiger partial charge in [0, 0.05) is 32.8 Å². The molecule has 1 atom stereocenters. The molecule has 0 aromatic carbocycles. The van der Waals surface area contributed by atoms with Crippen molar-refractivity contribution in [1.29, 1.82) is 0 Å². The number of carboxylic acids is 1. The van der Waals surface area contributed by atoms with Gasteiger partial charge >= 0.3 is 5.97 Å². The zero-order valence-electron chi connectivity index (χ0n) is 12.7. The van der Waals surface area contributed by atoms with Gasteiger partial charge < -0.3 is 10.0 Å². The van der Waals surface area contributed by atoms with Crippen LogP contribution < -0.4 is 0 Å². The van der Waals surface area contributed by atoms with E-state index in [4.69, 9.17) is 5.11 Å². The lowest BCUT2D eigenvalue weighted by atomic mass is 9.93. The number of aromatic nitrogens is 2. The third-order valence-corrected chi connectivity index (χ3v) is 4.04. The molecule has 2 heterocycles. The van der Waals surface area contributed by atoms with E-state index in [1.165, 1.54) is 0 Å².